The lowest BCUT2D eigenvalue weighted by atomic mass is 9.90. The fraction of sp³-hybridized carbons (Fsp3) is 0.522. The number of aryl methyl sites for hydroxylation is 2. The highest BCUT2D eigenvalue weighted by atomic mass is 16.5. The maximum absolute atomic E-state index is 12.4. The Balaban J connectivity index is 1.43. The van der Waals surface area contributed by atoms with Crippen molar-refractivity contribution in [2.45, 2.75) is 51.1 Å². The van der Waals surface area contributed by atoms with Crippen LogP contribution in [0.2, 0.25) is 0 Å². The van der Waals surface area contributed by atoms with Crippen LogP contribution in [0.25, 0.3) is 11.0 Å². The van der Waals surface area contributed by atoms with Gasteiger partial charge in [-0.05, 0) is 63.8 Å². The van der Waals surface area contributed by atoms with Gasteiger partial charge in [0.15, 0.2) is 6.61 Å². The third kappa shape index (κ3) is 4.17. The highest BCUT2D eigenvalue weighted by Gasteiger charge is 2.35. The van der Waals surface area contributed by atoms with Crippen molar-refractivity contribution in [2.24, 2.45) is 0 Å². The lowest BCUT2D eigenvalue weighted by Crippen LogP contribution is -2.39. The van der Waals surface area contributed by atoms with Crippen LogP contribution < -0.4 is 15.7 Å². The summed E-state index contributed by atoms with van der Waals surface area (Å²) in [6.45, 7) is 2.24. The molecule has 2 aliphatic rings. The van der Waals surface area contributed by atoms with E-state index in [1.807, 2.05) is 31.0 Å². The van der Waals surface area contributed by atoms with E-state index in [1.54, 1.807) is 0 Å². The molecule has 2 atom stereocenters. The molecule has 0 bridgehead atoms. The Labute approximate surface area is 180 Å². The zero-order chi connectivity index (χ0) is 22.1. The molecule has 2 heterocycles. The second-order valence-electron chi connectivity index (χ2n) is 8.39. The minimum Gasteiger partial charge on any atom is -0.483 e. The third-order valence-electron chi connectivity index (χ3n) is 6.34. The summed E-state index contributed by atoms with van der Waals surface area (Å²) in [4.78, 5) is 38.5. The predicted molar refractivity (Wildman–Crippen MR) is 114 cm³/mol. The number of hydrogen-bond donors (Lipinski definition) is 1. The molecule has 1 saturated heterocycles. The van der Waals surface area contributed by atoms with Gasteiger partial charge in [-0.2, -0.15) is 0 Å². The first-order valence-electron chi connectivity index (χ1n) is 10.7. The van der Waals surface area contributed by atoms with Gasteiger partial charge in [-0.1, -0.05) is 0 Å². The molecule has 1 aliphatic carbocycles. The molecule has 1 aromatic heterocycles. The molecule has 8 nitrogen and oxygen atoms in total. The summed E-state index contributed by atoms with van der Waals surface area (Å²) in [5.41, 5.74) is 2.84. The van der Waals surface area contributed by atoms with Crippen LogP contribution in [0, 0.1) is 6.92 Å². The van der Waals surface area contributed by atoms with Crippen LogP contribution in [0.4, 0.5) is 0 Å². The first kappa shape index (κ1) is 21.4. The largest absolute Gasteiger partial charge is 0.483 e. The number of carbonyl (C=O) groups excluding carboxylic acids is 2. The highest BCUT2D eigenvalue weighted by Crippen LogP contribution is 2.32. The van der Waals surface area contributed by atoms with Crippen LogP contribution in [-0.2, 0) is 27.2 Å². The lowest BCUT2D eigenvalue weighted by Gasteiger charge is -2.18. The number of likely N-dealkylation sites (tertiary alicyclic amines) is 1. The Kier molecular flexibility index (Phi) is 6.00. The van der Waals surface area contributed by atoms with Gasteiger partial charge in [0.05, 0.1) is 7.11 Å². The van der Waals surface area contributed by atoms with Crippen molar-refractivity contribution in [2.75, 3.05) is 27.3 Å². The van der Waals surface area contributed by atoms with Crippen molar-refractivity contribution in [3.05, 3.63) is 39.2 Å². The summed E-state index contributed by atoms with van der Waals surface area (Å²) in [5.74, 6) is -0.0567. The second kappa shape index (κ2) is 8.70. The maximum Gasteiger partial charge on any atom is 0.339 e. The molecule has 4 rings (SSSR count). The molecule has 0 saturated carbocycles. The van der Waals surface area contributed by atoms with Crippen LogP contribution in [0.5, 0.6) is 5.75 Å². The van der Waals surface area contributed by atoms with Crippen molar-refractivity contribution >= 4 is 22.8 Å². The number of nitrogens with zero attached hydrogens (tertiary/aromatic N) is 1. The van der Waals surface area contributed by atoms with Crippen LogP contribution in [0.3, 0.4) is 0 Å². The van der Waals surface area contributed by atoms with Crippen LogP contribution in [-0.4, -0.2) is 56.2 Å². The van der Waals surface area contributed by atoms with Crippen molar-refractivity contribution < 1.29 is 23.5 Å². The Hall–Kier alpha value is -2.87. The van der Waals surface area contributed by atoms with Crippen molar-refractivity contribution in [1.29, 1.82) is 0 Å². The number of ether oxygens (including phenoxy) is 2. The Morgan fingerprint density at radius 2 is 1.97 bits per heavy atom. The number of amides is 1. The minimum absolute atomic E-state index is 0.146. The van der Waals surface area contributed by atoms with E-state index < -0.39 is 0 Å². The molecule has 1 aliphatic heterocycles. The molecule has 1 N–H and O–H groups in total. The van der Waals surface area contributed by atoms with Gasteiger partial charge in [-0.15, -0.1) is 0 Å². The van der Waals surface area contributed by atoms with E-state index in [-0.39, 0.29) is 36.2 Å². The average Bonchev–Trinajstić information content (AvgIpc) is 3.13. The molecule has 8 heteroatoms. The van der Waals surface area contributed by atoms with Gasteiger partial charge < -0.3 is 19.2 Å². The summed E-state index contributed by atoms with van der Waals surface area (Å²) in [6.07, 6.45) is 4.21. The predicted octanol–water partition coefficient (Wildman–Crippen LogP) is 1.72. The second-order valence-corrected chi connectivity index (χ2v) is 8.39. The highest BCUT2D eigenvalue weighted by molar-refractivity contribution is 5.86. The van der Waals surface area contributed by atoms with Gasteiger partial charge in [0.1, 0.15) is 17.4 Å². The smallest absolute Gasteiger partial charge is 0.339 e. The van der Waals surface area contributed by atoms with Crippen molar-refractivity contribution in [3.63, 3.8) is 0 Å². The number of esters is 1. The van der Waals surface area contributed by atoms with Crippen LogP contribution >= 0.6 is 0 Å². The molecule has 0 radical (unpaired) electrons. The fourth-order valence-electron chi connectivity index (χ4n) is 4.71. The molecule has 0 spiro atoms. The number of nitrogens with one attached hydrogen (secondary N) is 1. The molecule has 1 amide bonds. The minimum atomic E-state index is -0.354. The summed E-state index contributed by atoms with van der Waals surface area (Å²) < 4.78 is 16.2. The number of likely N-dealkylation sites (N-methyl/N-ethyl adjacent to an activating group) is 1. The lowest BCUT2D eigenvalue weighted by molar-refractivity contribution is -0.145. The van der Waals surface area contributed by atoms with E-state index in [2.05, 4.69) is 5.32 Å². The molecular formula is C23H28N2O6. The van der Waals surface area contributed by atoms with Crippen LogP contribution in [0.1, 0.15) is 36.0 Å². The van der Waals surface area contributed by atoms with Gasteiger partial charge in [-0.3, -0.25) is 14.5 Å². The molecule has 166 valence electrons. The third-order valence-corrected chi connectivity index (χ3v) is 6.34. The number of benzene rings is 1. The van der Waals surface area contributed by atoms with Crippen molar-refractivity contribution in [3.8, 4) is 5.75 Å². The molecule has 31 heavy (non-hydrogen) atoms. The molecule has 2 aromatic rings. The Morgan fingerprint density at radius 1 is 1.23 bits per heavy atom. The normalized spacial score (nSPS) is 21.0. The topological polar surface area (TPSA) is 98.1 Å². The first-order chi connectivity index (χ1) is 14.9. The van der Waals surface area contributed by atoms with E-state index >= 15 is 0 Å². The van der Waals surface area contributed by atoms with Gasteiger partial charge >= 0.3 is 11.6 Å². The summed E-state index contributed by atoms with van der Waals surface area (Å²) >= 11 is 0. The standard InChI is InChI=1S/C23H28N2O6/c1-13-19(9-8-16-15-6-4-5-7-17(15)22(27)31-21(13)16)30-12-20(26)24-14-10-18(23(28)29-3)25(2)11-14/h8-9,14,18H,4-7,10-12H2,1-3H3,(H,24,26)/t14-,18+/m1/s1. The van der Waals surface area contributed by atoms with Gasteiger partial charge in [0, 0.05) is 29.1 Å². The first-order valence-corrected chi connectivity index (χ1v) is 10.7. The summed E-state index contributed by atoms with van der Waals surface area (Å²) in [5, 5.41) is 3.86. The summed E-state index contributed by atoms with van der Waals surface area (Å²) in [6, 6.07) is 3.24. The number of hydrogen-bond acceptors (Lipinski definition) is 7. The molecule has 1 fully saturated rings. The zero-order valence-electron chi connectivity index (χ0n) is 18.2. The number of rotatable bonds is 5. The average molecular weight is 428 g/mol. The molecule has 1 aromatic carbocycles. The van der Waals surface area contributed by atoms with E-state index in [0.717, 1.165) is 42.2 Å². The van der Waals surface area contributed by atoms with Gasteiger partial charge in [0.25, 0.3) is 5.91 Å². The van der Waals surface area contributed by atoms with E-state index in [4.69, 9.17) is 13.9 Å². The summed E-state index contributed by atoms with van der Waals surface area (Å²) in [7, 11) is 3.19. The Morgan fingerprint density at radius 3 is 2.71 bits per heavy atom. The van der Waals surface area contributed by atoms with Crippen LogP contribution in [0.15, 0.2) is 21.3 Å². The fourth-order valence-corrected chi connectivity index (χ4v) is 4.71. The SMILES string of the molecule is COC(=O)[C@@H]1C[C@@H](NC(=O)COc2ccc3c4c(c(=O)oc3c2C)CCCC4)CN1C. The quantitative estimate of drug-likeness (QED) is 0.572. The van der Waals surface area contributed by atoms with Gasteiger partial charge in [-0.25, -0.2) is 4.79 Å². The molecule has 0 unspecified atom stereocenters. The number of carbonyl (C=O) groups is 2. The Bertz CT molecular complexity index is 1080. The number of methoxy groups -OCH3 is 1. The number of fused-ring (bicyclic) bond motifs is 3. The van der Waals surface area contributed by atoms with E-state index in [0.29, 0.717) is 29.9 Å². The molecular weight excluding hydrogens is 400 g/mol. The zero-order valence-corrected chi connectivity index (χ0v) is 18.2. The van der Waals surface area contributed by atoms with E-state index in [1.165, 1.54) is 7.11 Å². The monoisotopic (exact) mass is 428 g/mol. The maximum atomic E-state index is 12.4. The van der Waals surface area contributed by atoms with Gasteiger partial charge in [0.2, 0.25) is 0 Å². The van der Waals surface area contributed by atoms with Crippen molar-refractivity contribution in [1.82, 2.24) is 10.2 Å². The van der Waals surface area contributed by atoms with E-state index in [9.17, 15) is 14.4 Å².